The Morgan fingerprint density at radius 1 is 0.852 bits per heavy atom. The third-order valence-corrected chi connectivity index (χ3v) is 13.0. The fourth-order valence-corrected chi connectivity index (χ4v) is 9.93. The molecular weight excluding hydrogens is 690 g/mol. The molecule has 0 aromatic heterocycles. The van der Waals surface area contributed by atoms with E-state index in [-0.39, 0.29) is 43.7 Å². The number of carbonyl (C=O) groups excluding carboxylic acids is 5. The number of hydrogen-bond acceptors (Lipinski definition) is 9. The van der Waals surface area contributed by atoms with E-state index in [2.05, 4.69) is 28.2 Å². The monoisotopic (exact) mass is 760 g/mol. The van der Waals surface area contributed by atoms with Gasteiger partial charge in [0, 0.05) is 25.7 Å². The lowest BCUT2D eigenvalue weighted by Gasteiger charge is -2.58. The molecule has 5 rings (SSSR count). The topological polar surface area (TPSA) is 207 Å². The Kier molecular flexibility index (Phi) is 14.8. The molecule has 14 nitrogen and oxygen atoms in total. The van der Waals surface area contributed by atoms with Gasteiger partial charge in [-0.1, -0.05) is 46.5 Å². The van der Waals surface area contributed by atoms with E-state index in [0.29, 0.717) is 43.4 Å². The van der Waals surface area contributed by atoms with E-state index in [0.717, 1.165) is 50.9 Å². The summed E-state index contributed by atoms with van der Waals surface area (Å²) in [5.41, 5.74) is 12.4. The van der Waals surface area contributed by atoms with E-state index in [4.69, 9.17) is 20.9 Å². The first-order valence-corrected chi connectivity index (χ1v) is 20.9. The summed E-state index contributed by atoms with van der Waals surface area (Å²) in [6.07, 6.45) is 11.7. The van der Waals surface area contributed by atoms with E-state index < -0.39 is 65.9 Å². The van der Waals surface area contributed by atoms with Crippen LogP contribution in [0.1, 0.15) is 118 Å². The highest BCUT2D eigenvalue weighted by Gasteiger charge is 2.52. The summed E-state index contributed by atoms with van der Waals surface area (Å²) in [4.78, 5) is 71.5. The van der Waals surface area contributed by atoms with Crippen LogP contribution in [0, 0.1) is 29.1 Å². The quantitative estimate of drug-likeness (QED) is 0.203. The largest absolute Gasteiger partial charge is 0.375 e. The van der Waals surface area contributed by atoms with Crippen LogP contribution >= 0.6 is 0 Å². The van der Waals surface area contributed by atoms with Crippen LogP contribution in [0.3, 0.4) is 0 Å². The van der Waals surface area contributed by atoms with E-state index in [1.165, 1.54) is 17.7 Å². The summed E-state index contributed by atoms with van der Waals surface area (Å²) in [6, 6.07) is -4.38. The Morgan fingerprint density at radius 3 is 2.11 bits per heavy atom. The van der Waals surface area contributed by atoms with Crippen LogP contribution in [-0.4, -0.2) is 110 Å². The Labute approximate surface area is 322 Å². The number of hydrogen-bond donors (Lipinski definition) is 6. The molecule has 1 heterocycles. The summed E-state index contributed by atoms with van der Waals surface area (Å²) in [5, 5.41) is 11.6. The highest BCUT2D eigenvalue weighted by molar-refractivity contribution is 5.96. The molecule has 8 N–H and O–H groups in total. The van der Waals surface area contributed by atoms with Gasteiger partial charge in [-0.05, 0) is 94.3 Å². The Morgan fingerprint density at radius 2 is 1.50 bits per heavy atom. The van der Waals surface area contributed by atoms with Crippen LogP contribution in [-0.2, 0) is 33.4 Å². The summed E-state index contributed by atoms with van der Waals surface area (Å²) < 4.78 is 12.5. The van der Waals surface area contributed by atoms with Gasteiger partial charge < -0.3 is 47.1 Å². The number of ether oxygens (including phenoxy) is 2. The zero-order valence-electron chi connectivity index (χ0n) is 33.4. The molecule has 54 heavy (non-hydrogen) atoms. The number of likely N-dealkylation sites (N-methyl/N-ethyl adjacent to an activating group) is 1. The molecule has 306 valence electrons. The lowest BCUT2D eigenvalue weighted by molar-refractivity contribution is -0.149. The molecule has 0 aromatic rings. The molecule has 0 bridgehead atoms. The number of rotatable bonds is 9. The van der Waals surface area contributed by atoms with Crippen molar-refractivity contribution in [2.75, 3.05) is 26.8 Å². The van der Waals surface area contributed by atoms with Crippen molar-refractivity contribution in [3.05, 3.63) is 0 Å². The molecule has 1 spiro atoms. The maximum Gasteiger partial charge on any atom is 0.245 e. The minimum atomic E-state index is -1.16. The SMILES string of the molecule is CCC[C@H]1C(=O)N[C@@H](C2CCCCC2)C(=O)N[C@@H](CN)C(=O)N[C@@H](COC2CC(N)C2)C(=O)N[C@H](C)CO[C@H](CC2CC3(CC(C)C3)C2)[C@@H](C)C(=O)N1C. The second kappa shape index (κ2) is 18.9. The van der Waals surface area contributed by atoms with Gasteiger partial charge in [0.1, 0.15) is 24.2 Å². The number of nitrogens with zero attached hydrogens (tertiary/aromatic N) is 1. The van der Waals surface area contributed by atoms with Gasteiger partial charge in [0.15, 0.2) is 0 Å². The highest BCUT2D eigenvalue weighted by atomic mass is 16.5. The first-order valence-electron chi connectivity index (χ1n) is 20.9. The molecule has 4 aliphatic carbocycles. The number of carbonyl (C=O) groups is 5. The number of nitrogens with one attached hydrogen (secondary N) is 4. The molecule has 14 heteroatoms. The zero-order chi connectivity index (χ0) is 39.2. The van der Waals surface area contributed by atoms with Gasteiger partial charge in [-0.2, -0.15) is 0 Å². The second-order valence-corrected chi connectivity index (χ2v) is 17.8. The first-order chi connectivity index (χ1) is 25.7. The molecule has 5 fully saturated rings. The molecule has 1 saturated heterocycles. The van der Waals surface area contributed by atoms with Crippen molar-refractivity contribution in [1.82, 2.24) is 26.2 Å². The molecule has 4 saturated carbocycles. The van der Waals surface area contributed by atoms with Crippen molar-refractivity contribution in [2.24, 2.45) is 40.6 Å². The minimum Gasteiger partial charge on any atom is -0.375 e. The van der Waals surface area contributed by atoms with Crippen molar-refractivity contribution in [1.29, 1.82) is 0 Å². The van der Waals surface area contributed by atoms with E-state index in [1.807, 2.05) is 20.8 Å². The fraction of sp³-hybridized carbons (Fsp3) is 0.875. The first kappa shape index (κ1) is 42.3. The average molecular weight is 760 g/mol. The zero-order valence-corrected chi connectivity index (χ0v) is 33.4. The predicted molar refractivity (Wildman–Crippen MR) is 205 cm³/mol. The molecule has 7 atom stereocenters. The molecule has 0 unspecified atom stereocenters. The molecular formula is C40H69N7O7. The van der Waals surface area contributed by atoms with Crippen molar-refractivity contribution in [2.45, 2.75) is 166 Å². The molecule has 5 amide bonds. The highest BCUT2D eigenvalue weighted by Crippen LogP contribution is 2.62. The lowest BCUT2D eigenvalue weighted by atomic mass is 9.48. The molecule has 0 aromatic carbocycles. The number of amides is 5. The van der Waals surface area contributed by atoms with Gasteiger partial charge >= 0.3 is 0 Å². The predicted octanol–water partition coefficient (Wildman–Crippen LogP) is 1.87. The van der Waals surface area contributed by atoms with E-state index in [9.17, 15) is 24.0 Å². The maximum absolute atomic E-state index is 14.3. The molecule has 5 aliphatic rings. The van der Waals surface area contributed by atoms with Crippen molar-refractivity contribution in [3.8, 4) is 0 Å². The van der Waals surface area contributed by atoms with E-state index >= 15 is 0 Å². The van der Waals surface area contributed by atoms with Gasteiger partial charge in [-0.25, -0.2) is 0 Å². The number of nitrogens with two attached hydrogens (primary N) is 2. The van der Waals surface area contributed by atoms with Gasteiger partial charge in [0.05, 0.1) is 31.3 Å². The van der Waals surface area contributed by atoms with Crippen LogP contribution in [0.5, 0.6) is 0 Å². The lowest BCUT2D eigenvalue weighted by Crippen LogP contribution is -2.62. The fourth-order valence-electron chi connectivity index (χ4n) is 9.93. The Bertz CT molecular complexity index is 1310. The van der Waals surface area contributed by atoms with Crippen molar-refractivity contribution in [3.63, 3.8) is 0 Å². The molecule has 1 aliphatic heterocycles. The van der Waals surface area contributed by atoms with Crippen LogP contribution in [0.2, 0.25) is 0 Å². The Balaban J connectivity index is 1.41. The average Bonchev–Trinajstić information content (AvgIpc) is 3.11. The minimum absolute atomic E-state index is 0.0431. The summed E-state index contributed by atoms with van der Waals surface area (Å²) in [7, 11) is 1.67. The second-order valence-electron chi connectivity index (χ2n) is 17.8. The Hall–Kier alpha value is -2.81. The van der Waals surface area contributed by atoms with Gasteiger partial charge in [-0.15, -0.1) is 0 Å². The molecule has 0 radical (unpaired) electrons. The maximum atomic E-state index is 14.3. The summed E-state index contributed by atoms with van der Waals surface area (Å²) >= 11 is 0. The van der Waals surface area contributed by atoms with E-state index in [1.54, 1.807) is 7.05 Å². The van der Waals surface area contributed by atoms with Crippen molar-refractivity contribution < 1.29 is 33.4 Å². The smallest absolute Gasteiger partial charge is 0.245 e. The van der Waals surface area contributed by atoms with Crippen LogP contribution in [0.4, 0.5) is 0 Å². The summed E-state index contributed by atoms with van der Waals surface area (Å²) in [5.74, 6) is -1.70. The van der Waals surface area contributed by atoms with Crippen LogP contribution in [0.25, 0.3) is 0 Å². The van der Waals surface area contributed by atoms with Gasteiger partial charge in [0.25, 0.3) is 0 Å². The van der Waals surface area contributed by atoms with Gasteiger partial charge in [0.2, 0.25) is 29.5 Å². The third kappa shape index (κ3) is 10.5. The third-order valence-electron chi connectivity index (χ3n) is 13.0. The van der Waals surface area contributed by atoms with Crippen LogP contribution in [0.15, 0.2) is 0 Å². The van der Waals surface area contributed by atoms with Crippen molar-refractivity contribution >= 4 is 29.5 Å². The standard InChI is InChI=1S/C40H69N7O7/c1-6-10-32-37(50)46-34(27-11-8-7-9-12-27)38(51)44-30(20-41)35(48)45-31(22-53-29-14-28(42)15-29)36(49)43-24(3)21-54-33(25(4)39(52)47(32)5)13-26-18-40(19-26)16-23(2)17-40/h23-34H,6-22,41-42H2,1-5H3,(H,43,49)(H,44,51)(H,45,48)(H,46,50)/t23?,24-,25-,26?,28?,29?,30+,31+,32+,33-,34+,40?/m1/s1. The summed E-state index contributed by atoms with van der Waals surface area (Å²) in [6.45, 7) is 7.80. The normalized spacial score (nSPS) is 39.4. The van der Waals surface area contributed by atoms with Crippen LogP contribution < -0.4 is 32.7 Å². The van der Waals surface area contributed by atoms with Gasteiger partial charge in [-0.3, -0.25) is 24.0 Å².